The summed E-state index contributed by atoms with van der Waals surface area (Å²) in [6, 6.07) is 1.90. The van der Waals surface area contributed by atoms with Gasteiger partial charge in [-0.1, -0.05) is 6.58 Å². The van der Waals surface area contributed by atoms with Crippen molar-refractivity contribution in [2.24, 2.45) is 5.73 Å². The maximum atomic E-state index is 5.37. The Kier molecular flexibility index (Phi) is 1.92. The molecule has 0 saturated heterocycles. The first kappa shape index (κ1) is 7.09. The normalized spacial score (nSPS) is 9.80. The van der Waals surface area contributed by atoms with E-state index in [1.165, 1.54) is 0 Å². The summed E-state index contributed by atoms with van der Waals surface area (Å²) in [5, 5.41) is 0. The third-order valence-corrected chi connectivity index (χ3v) is 1.43. The van der Waals surface area contributed by atoms with Crippen LogP contribution in [0.25, 0.3) is 5.57 Å². The minimum atomic E-state index is 0.453. The Bertz CT molecular complexity index is 237. The average Bonchev–Trinajstić information content (AvgIpc) is 2.34. The van der Waals surface area contributed by atoms with Crippen molar-refractivity contribution in [3.05, 3.63) is 30.2 Å². The summed E-state index contributed by atoms with van der Waals surface area (Å²) < 4.78 is 5.14. The largest absolute Gasteiger partial charge is 0.464 e. The highest BCUT2D eigenvalue weighted by Crippen LogP contribution is 2.16. The minimum Gasteiger partial charge on any atom is -0.464 e. The van der Waals surface area contributed by atoms with Gasteiger partial charge in [-0.05, 0) is 18.6 Å². The number of rotatable bonds is 2. The molecular weight excluding hydrogens is 126 g/mol. The Balaban J connectivity index is 2.93. The van der Waals surface area contributed by atoms with Gasteiger partial charge in [-0.25, -0.2) is 0 Å². The fraction of sp³-hybridized carbons (Fsp3) is 0.250. The summed E-state index contributed by atoms with van der Waals surface area (Å²) in [5.41, 5.74) is 7.32. The van der Waals surface area contributed by atoms with Crippen molar-refractivity contribution in [2.45, 2.75) is 6.92 Å². The Labute approximate surface area is 60.3 Å². The highest BCUT2D eigenvalue weighted by atomic mass is 16.3. The van der Waals surface area contributed by atoms with Crippen molar-refractivity contribution in [2.75, 3.05) is 6.54 Å². The quantitative estimate of drug-likeness (QED) is 0.671. The molecule has 2 heteroatoms. The smallest absolute Gasteiger partial charge is 0.133 e. The number of furan rings is 1. The summed E-state index contributed by atoms with van der Waals surface area (Å²) >= 11 is 0. The van der Waals surface area contributed by atoms with Gasteiger partial charge in [0.25, 0.3) is 0 Å². The summed E-state index contributed by atoms with van der Waals surface area (Å²) in [6.45, 7) is 6.18. The van der Waals surface area contributed by atoms with E-state index in [4.69, 9.17) is 10.2 Å². The highest BCUT2D eigenvalue weighted by Gasteiger charge is 2.02. The van der Waals surface area contributed by atoms with Gasteiger partial charge in [0.05, 0.1) is 6.26 Å². The molecule has 2 N–H and O–H groups in total. The van der Waals surface area contributed by atoms with Gasteiger partial charge in [-0.3, -0.25) is 0 Å². The van der Waals surface area contributed by atoms with E-state index in [0.29, 0.717) is 6.54 Å². The summed E-state index contributed by atoms with van der Waals surface area (Å²) in [4.78, 5) is 0. The topological polar surface area (TPSA) is 39.2 Å². The van der Waals surface area contributed by atoms with Gasteiger partial charge in [-0.15, -0.1) is 0 Å². The van der Waals surface area contributed by atoms with Crippen molar-refractivity contribution in [1.82, 2.24) is 0 Å². The fourth-order valence-corrected chi connectivity index (χ4v) is 0.828. The van der Waals surface area contributed by atoms with Crippen LogP contribution in [0.3, 0.4) is 0 Å². The molecule has 0 bridgehead atoms. The zero-order valence-electron chi connectivity index (χ0n) is 6.05. The first-order valence-corrected chi connectivity index (χ1v) is 3.18. The van der Waals surface area contributed by atoms with Crippen LogP contribution in [0.1, 0.15) is 11.3 Å². The Morgan fingerprint density at radius 3 is 2.90 bits per heavy atom. The predicted molar refractivity (Wildman–Crippen MR) is 41.5 cm³/mol. The average molecular weight is 137 g/mol. The summed E-state index contributed by atoms with van der Waals surface area (Å²) in [6.07, 6.45) is 1.64. The van der Waals surface area contributed by atoms with Crippen molar-refractivity contribution in [1.29, 1.82) is 0 Å². The van der Waals surface area contributed by atoms with Crippen LogP contribution < -0.4 is 5.73 Å². The van der Waals surface area contributed by atoms with E-state index in [-0.39, 0.29) is 0 Å². The lowest BCUT2D eigenvalue weighted by atomic mass is 10.1. The SMILES string of the molecule is C=C(CN)c1occc1C. The highest BCUT2D eigenvalue weighted by molar-refractivity contribution is 5.62. The molecule has 0 saturated carbocycles. The van der Waals surface area contributed by atoms with Crippen LogP contribution in [0, 0.1) is 6.92 Å². The molecule has 10 heavy (non-hydrogen) atoms. The summed E-state index contributed by atoms with van der Waals surface area (Å²) in [7, 11) is 0. The van der Waals surface area contributed by atoms with Gasteiger partial charge < -0.3 is 10.2 Å². The van der Waals surface area contributed by atoms with Crippen LogP contribution in [-0.4, -0.2) is 6.54 Å². The van der Waals surface area contributed by atoms with E-state index >= 15 is 0 Å². The van der Waals surface area contributed by atoms with Crippen LogP contribution in [-0.2, 0) is 0 Å². The van der Waals surface area contributed by atoms with Crippen LogP contribution in [0.4, 0.5) is 0 Å². The molecule has 0 atom stereocenters. The second-order valence-electron chi connectivity index (χ2n) is 2.24. The van der Waals surface area contributed by atoms with E-state index in [9.17, 15) is 0 Å². The molecule has 54 valence electrons. The van der Waals surface area contributed by atoms with E-state index < -0.39 is 0 Å². The second-order valence-corrected chi connectivity index (χ2v) is 2.24. The fourth-order valence-electron chi connectivity index (χ4n) is 0.828. The minimum absolute atomic E-state index is 0.453. The van der Waals surface area contributed by atoms with Crippen LogP contribution in [0.2, 0.25) is 0 Å². The predicted octanol–water partition coefficient (Wildman–Crippen LogP) is 1.56. The van der Waals surface area contributed by atoms with Crippen molar-refractivity contribution >= 4 is 5.57 Å². The molecule has 0 amide bonds. The molecule has 0 aliphatic rings. The van der Waals surface area contributed by atoms with Crippen molar-refractivity contribution in [3.63, 3.8) is 0 Å². The Morgan fingerprint density at radius 1 is 1.80 bits per heavy atom. The number of aryl methyl sites for hydroxylation is 1. The van der Waals surface area contributed by atoms with Gasteiger partial charge in [0.15, 0.2) is 0 Å². The van der Waals surface area contributed by atoms with E-state index in [2.05, 4.69) is 6.58 Å². The van der Waals surface area contributed by atoms with Crippen LogP contribution in [0.5, 0.6) is 0 Å². The molecule has 1 rings (SSSR count). The molecular formula is C8H11NO. The van der Waals surface area contributed by atoms with Crippen molar-refractivity contribution < 1.29 is 4.42 Å². The van der Waals surface area contributed by atoms with Gasteiger partial charge >= 0.3 is 0 Å². The first-order valence-electron chi connectivity index (χ1n) is 3.18. The molecule has 0 fully saturated rings. The number of hydrogen-bond acceptors (Lipinski definition) is 2. The second kappa shape index (κ2) is 2.71. The molecule has 1 heterocycles. The van der Waals surface area contributed by atoms with Crippen LogP contribution >= 0.6 is 0 Å². The zero-order valence-corrected chi connectivity index (χ0v) is 6.05. The molecule has 0 aromatic carbocycles. The molecule has 0 unspecified atom stereocenters. The molecule has 1 aromatic heterocycles. The van der Waals surface area contributed by atoms with Gasteiger partial charge in [0.2, 0.25) is 0 Å². The molecule has 0 aliphatic carbocycles. The van der Waals surface area contributed by atoms with E-state index in [1.807, 2.05) is 13.0 Å². The van der Waals surface area contributed by atoms with Gasteiger partial charge in [-0.2, -0.15) is 0 Å². The zero-order chi connectivity index (χ0) is 7.56. The Hall–Kier alpha value is -1.02. The third kappa shape index (κ3) is 1.11. The molecule has 0 radical (unpaired) electrons. The number of hydrogen-bond donors (Lipinski definition) is 1. The lowest BCUT2D eigenvalue weighted by Crippen LogP contribution is -2.00. The molecule has 2 nitrogen and oxygen atoms in total. The maximum absolute atomic E-state index is 5.37. The Morgan fingerprint density at radius 2 is 2.50 bits per heavy atom. The third-order valence-electron chi connectivity index (χ3n) is 1.43. The van der Waals surface area contributed by atoms with Crippen molar-refractivity contribution in [3.8, 4) is 0 Å². The monoisotopic (exact) mass is 137 g/mol. The number of nitrogens with two attached hydrogens (primary N) is 1. The molecule has 0 aliphatic heterocycles. The summed E-state index contributed by atoms with van der Waals surface area (Å²) in [5.74, 6) is 0.822. The first-order chi connectivity index (χ1) is 4.75. The van der Waals surface area contributed by atoms with E-state index in [1.54, 1.807) is 6.26 Å². The molecule has 1 aromatic rings. The molecule has 0 spiro atoms. The van der Waals surface area contributed by atoms with Crippen LogP contribution in [0.15, 0.2) is 23.3 Å². The van der Waals surface area contributed by atoms with Gasteiger partial charge in [0.1, 0.15) is 5.76 Å². The van der Waals surface area contributed by atoms with Gasteiger partial charge in [0, 0.05) is 12.1 Å². The lowest BCUT2D eigenvalue weighted by Gasteiger charge is -1.97. The van der Waals surface area contributed by atoms with E-state index in [0.717, 1.165) is 16.9 Å². The standard InChI is InChI=1S/C8H11NO/c1-6-3-4-10-8(6)7(2)5-9/h3-4H,2,5,9H2,1H3. The lowest BCUT2D eigenvalue weighted by molar-refractivity contribution is 0.550. The maximum Gasteiger partial charge on any atom is 0.133 e.